The Morgan fingerprint density at radius 3 is 2.43 bits per heavy atom. The summed E-state index contributed by atoms with van der Waals surface area (Å²) < 4.78 is 19.3. The molecule has 0 aliphatic heterocycles. The summed E-state index contributed by atoms with van der Waals surface area (Å²) in [5.74, 6) is 0.486. The van der Waals surface area contributed by atoms with E-state index in [1.54, 1.807) is 12.1 Å². The quantitative estimate of drug-likeness (QED) is 0.758. The molecule has 0 saturated carbocycles. The Morgan fingerprint density at radius 2 is 1.74 bits per heavy atom. The van der Waals surface area contributed by atoms with E-state index in [1.807, 2.05) is 0 Å². The Balaban J connectivity index is 0.00000192. The molecule has 124 valence electrons. The molecule has 3 rings (SSSR count). The Bertz CT molecular complexity index is 630. The zero-order valence-electron chi connectivity index (χ0n) is 13.5. The van der Waals surface area contributed by atoms with Gasteiger partial charge in [-0.05, 0) is 62.3 Å². The first-order chi connectivity index (χ1) is 10.6. The zero-order valence-corrected chi connectivity index (χ0v) is 14.4. The molecule has 0 bridgehead atoms. The van der Waals surface area contributed by atoms with Crippen LogP contribution in [0, 0.1) is 5.82 Å². The molecule has 2 aromatic carbocycles. The van der Waals surface area contributed by atoms with Gasteiger partial charge in [0.15, 0.2) is 0 Å². The fourth-order valence-electron chi connectivity index (χ4n) is 3.15. The van der Waals surface area contributed by atoms with Crippen molar-refractivity contribution in [1.82, 2.24) is 4.90 Å². The molecule has 2 aromatic rings. The van der Waals surface area contributed by atoms with Gasteiger partial charge in [0.25, 0.3) is 0 Å². The van der Waals surface area contributed by atoms with Crippen LogP contribution in [0.4, 0.5) is 4.39 Å². The van der Waals surface area contributed by atoms with Crippen molar-refractivity contribution >= 4 is 12.4 Å². The van der Waals surface area contributed by atoms with E-state index in [0.29, 0.717) is 6.04 Å². The molecule has 1 aliphatic rings. The molecule has 2 nitrogen and oxygen atoms in total. The van der Waals surface area contributed by atoms with Gasteiger partial charge in [-0.1, -0.05) is 24.3 Å². The van der Waals surface area contributed by atoms with E-state index >= 15 is 0 Å². The molecule has 0 aromatic heterocycles. The smallest absolute Gasteiger partial charge is 0.125 e. The molecular weight excluding hydrogens is 313 g/mol. The minimum absolute atomic E-state index is 0. The first-order valence-electron chi connectivity index (χ1n) is 7.80. The molecule has 0 N–H and O–H groups in total. The van der Waals surface area contributed by atoms with Crippen LogP contribution in [-0.4, -0.2) is 25.0 Å². The van der Waals surface area contributed by atoms with E-state index < -0.39 is 0 Å². The lowest BCUT2D eigenvalue weighted by atomic mass is 10.0. The van der Waals surface area contributed by atoms with E-state index in [2.05, 4.69) is 43.3 Å². The van der Waals surface area contributed by atoms with Crippen LogP contribution in [-0.2, 0) is 6.42 Å². The first-order valence-corrected chi connectivity index (χ1v) is 7.80. The van der Waals surface area contributed by atoms with Gasteiger partial charge < -0.3 is 9.64 Å². The van der Waals surface area contributed by atoms with Crippen LogP contribution in [0.5, 0.6) is 5.75 Å². The third-order valence-corrected chi connectivity index (χ3v) is 4.46. The highest BCUT2D eigenvalue weighted by molar-refractivity contribution is 5.85. The fraction of sp³-hybridized carbons (Fsp3) is 0.368. The van der Waals surface area contributed by atoms with Crippen molar-refractivity contribution in [1.29, 1.82) is 0 Å². The number of ether oxygens (including phenoxy) is 1. The summed E-state index contributed by atoms with van der Waals surface area (Å²) >= 11 is 0. The fourth-order valence-corrected chi connectivity index (χ4v) is 3.15. The van der Waals surface area contributed by atoms with Crippen molar-refractivity contribution in [3.8, 4) is 5.75 Å². The molecule has 0 unspecified atom stereocenters. The summed E-state index contributed by atoms with van der Waals surface area (Å²) in [5.41, 5.74) is 2.62. The predicted octanol–water partition coefficient (Wildman–Crippen LogP) is 4.63. The van der Waals surface area contributed by atoms with Gasteiger partial charge in [0, 0.05) is 12.5 Å². The van der Waals surface area contributed by atoms with Gasteiger partial charge in [0.2, 0.25) is 0 Å². The lowest BCUT2D eigenvalue weighted by Gasteiger charge is -2.27. The van der Waals surface area contributed by atoms with Gasteiger partial charge >= 0.3 is 0 Å². The van der Waals surface area contributed by atoms with Crippen LogP contribution in [0.3, 0.4) is 0 Å². The predicted molar refractivity (Wildman–Crippen MR) is 93.9 cm³/mol. The number of rotatable bonds is 3. The molecule has 0 saturated heterocycles. The maximum absolute atomic E-state index is 13.1. The number of fused-ring (bicyclic) bond motifs is 1. The van der Waals surface area contributed by atoms with Crippen LogP contribution in [0.15, 0.2) is 48.5 Å². The molecule has 0 heterocycles. The third-order valence-electron chi connectivity index (χ3n) is 4.46. The van der Waals surface area contributed by atoms with Crippen LogP contribution in [0.1, 0.15) is 30.1 Å². The van der Waals surface area contributed by atoms with Gasteiger partial charge in [-0.2, -0.15) is 0 Å². The lowest BCUT2D eigenvalue weighted by molar-refractivity contribution is 0.146. The third kappa shape index (κ3) is 4.24. The molecule has 0 spiro atoms. The number of hydrogen-bond donors (Lipinski definition) is 0. The minimum Gasteiger partial charge on any atom is -0.486 e. The molecule has 1 aliphatic carbocycles. The maximum atomic E-state index is 13.1. The van der Waals surface area contributed by atoms with E-state index in [1.165, 1.54) is 23.3 Å². The second kappa shape index (κ2) is 7.80. The lowest BCUT2D eigenvalue weighted by Crippen LogP contribution is -2.30. The van der Waals surface area contributed by atoms with E-state index in [0.717, 1.165) is 25.0 Å². The van der Waals surface area contributed by atoms with Gasteiger partial charge in [-0.3, -0.25) is 0 Å². The number of benzene rings is 2. The number of nitrogens with zero attached hydrogens (tertiary/aromatic N) is 1. The standard InChI is InChI=1S/C19H22FNO.ClH/c1-21(2)16-10-7-14-5-3-4-6-18(14)19(13-16)22-17-11-8-15(20)9-12-17;/h3-6,8-9,11-12,16,19H,7,10,13H2,1-2H3;1H/t16-,19-;/m0./s1. The van der Waals surface area contributed by atoms with Gasteiger partial charge in [-0.15, -0.1) is 12.4 Å². The Labute approximate surface area is 143 Å². The van der Waals surface area contributed by atoms with Crippen LogP contribution in [0.2, 0.25) is 0 Å². The maximum Gasteiger partial charge on any atom is 0.125 e. The molecule has 0 fully saturated rings. The Kier molecular flexibility index (Phi) is 6.03. The summed E-state index contributed by atoms with van der Waals surface area (Å²) in [5, 5.41) is 0. The summed E-state index contributed by atoms with van der Waals surface area (Å²) in [6.07, 6.45) is 3.16. The van der Waals surface area contributed by atoms with Crippen LogP contribution < -0.4 is 4.74 Å². The summed E-state index contributed by atoms with van der Waals surface area (Å²) in [6.45, 7) is 0. The first kappa shape index (κ1) is 17.8. The topological polar surface area (TPSA) is 12.5 Å². The minimum atomic E-state index is -0.236. The second-order valence-electron chi connectivity index (χ2n) is 6.15. The average molecular weight is 336 g/mol. The number of halogens is 2. The number of aryl methyl sites for hydroxylation is 1. The SMILES string of the molecule is CN(C)[C@H]1CCc2ccccc2[C@@H](Oc2ccc(F)cc2)C1.Cl. The second-order valence-corrected chi connectivity index (χ2v) is 6.15. The van der Waals surface area contributed by atoms with Crippen molar-refractivity contribution < 1.29 is 9.13 Å². The zero-order chi connectivity index (χ0) is 15.5. The molecule has 0 amide bonds. The molecular formula is C19H23ClFNO. The highest BCUT2D eigenvalue weighted by atomic mass is 35.5. The normalized spacial score (nSPS) is 20.3. The van der Waals surface area contributed by atoms with Crippen molar-refractivity contribution in [2.24, 2.45) is 0 Å². The van der Waals surface area contributed by atoms with Crippen molar-refractivity contribution in [2.45, 2.75) is 31.4 Å². The number of hydrogen-bond acceptors (Lipinski definition) is 2. The Morgan fingerprint density at radius 1 is 1.04 bits per heavy atom. The largest absolute Gasteiger partial charge is 0.486 e. The van der Waals surface area contributed by atoms with E-state index in [4.69, 9.17) is 4.74 Å². The van der Waals surface area contributed by atoms with E-state index in [-0.39, 0.29) is 24.3 Å². The van der Waals surface area contributed by atoms with Crippen molar-refractivity contribution in [3.63, 3.8) is 0 Å². The summed E-state index contributed by atoms with van der Waals surface area (Å²) in [6, 6.07) is 15.3. The van der Waals surface area contributed by atoms with Crippen molar-refractivity contribution in [2.75, 3.05) is 14.1 Å². The Hall–Kier alpha value is -1.58. The summed E-state index contributed by atoms with van der Waals surface area (Å²) in [4.78, 5) is 2.27. The summed E-state index contributed by atoms with van der Waals surface area (Å²) in [7, 11) is 4.24. The highest BCUT2D eigenvalue weighted by Gasteiger charge is 2.26. The van der Waals surface area contributed by atoms with Crippen molar-refractivity contribution in [3.05, 3.63) is 65.5 Å². The average Bonchev–Trinajstić information content (AvgIpc) is 2.70. The molecule has 4 heteroatoms. The highest BCUT2D eigenvalue weighted by Crippen LogP contribution is 2.34. The molecule has 2 atom stereocenters. The molecule has 0 radical (unpaired) electrons. The van der Waals surface area contributed by atoms with Crippen LogP contribution >= 0.6 is 12.4 Å². The van der Waals surface area contributed by atoms with Gasteiger partial charge in [0.1, 0.15) is 17.7 Å². The van der Waals surface area contributed by atoms with Gasteiger partial charge in [0.05, 0.1) is 0 Å². The van der Waals surface area contributed by atoms with E-state index in [9.17, 15) is 4.39 Å². The monoisotopic (exact) mass is 335 g/mol. The van der Waals surface area contributed by atoms with Gasteiger partial charge in [-0.25, -0.2) is 4.39 Å². The molecule has 23 heavy (non-hydrogen) atoms. The van der Waals surface area contributed by atoms with Crippen LogP contribution in [0.25, 0.3) is 0 Å².